The zero-order chi connectivity index (χ0) is 32.1. The third-order valence-corrected chi connectivity index (χ3v) is 5.85. The number of rotatable bonds is 9. The van der Waals surface area contributed by atoms with Gasteiger partial charge in [-0.15, -0.1) is 0 Å². The first-order chi connectivity index (χ1) is 20.7. The minimum absolute atomic E-state index is 0.0925. The molecule has 13 heteroatoms. The van der Waals surface area contributed by atoms with Crippen molar-refractivity contribution in [3.05, 3.63) is 126 Å². The quantitative estimate of drug-likeness (QED) is 0.113. The Hall–Kier alpha value is -5.59. The molecule has 0 bridgehead atoms. The predicted molar refractivity (Wildman–Crippen MR) is 153 cm³/mol. The highest BCUT2D eigenvalue weighted by atomic mass is 19.4. The van der Waals surface area contributed by atoms with E-state index in [1.165, 1.54) is 12.1 Å². The molecular weight excluding hydrogens is 588 g/mol. The van der Waals surface area contributed by atoms with Crippen LogP contribution >= 0.6 is 0 Å². The molecule has 0 aliphatic carbocycles. The fourth-order valence-corrected chi connectivity index (χ4v) is 3.77. The maximum Gasteiger partial charge on any atom is 0.430 e. The summed E-state index contributed by atoms with van der Waals surface area (Å²) in [6, 6.07) is 24.3. The molecule has 1 heterocycles. The maximum absolute atomic E-state index is 13.1. The number of alkyl halides is 6. The summed E-state index contributed by atoms with van der Waals surface area (Å²) in [5.74, 6) is 1.17. The summed E-state index contributed by atoms with van der Waals surface area (Å²) >= 11 is 0. The van der Waals surface area contributed by atoms with Gasteiger partial charge in [0.15, 0.2) is 0 Å². The Morgan fingerprint density at radius 3 is 1.36 bits per heavy atom. The Morgan fingerprint density at radius 1 is 0.614 bits per heavy atom. The van der Waals surface area contributed by atoms with E-state index in [4.69, 9.17) is 31.8 Å². The van der Waals surface area contributed by atoms with Crippen molar-refractivity contribution in [1.29, 1.82) is 10.8 Å². The maximum atomic E-state index is 13.1. The van der Waals surface area contributed by atoms with Crippen LogP contribution in [0.5, 0.6) is 23.0 Å². The zero-order valence-corrected chi connectivity index (χ0v) is 22.5. The van der Waals surface area contributed by atoms with Crippen molar-refractivity contribution in [2.24, 2.45) is 11.5 Å². The van der Waals surface area contributed by atoms with E-state index < -0.39 is 46.6 Å². The molecule has 0 atom stereocenters. The van der Waals surface area contributed by atoms with Crippen molar-refractivity contribution in [3.63, 3.8) is 0 Å². The van der Waals surface area contributed by atoms with Crippen LogP contribution in [0.2, 0.25) is 0 Å². The largest absolute Gasteiger partial charge is 0.457 e. The number of hydrogen-bond acceptors (Lipinski definition) is 7. The SMILES string of the molecule is N=C(/C=C(\N)C(F)(F)F)c1cc(-c2c(Oc3ccccc3)cccc2Oc2ccccc2)cc(C(=N)/C=C(\N)C(F)(F)F)n1. The molecule has 4 rings (SSSR count). The van der Waals surface area contributed by atoms with E-state index in [9.17, 15) is 26.3 Å². The number of hydrogen-bond donors (Lipinski definition) is 4. The van der Waals surface area contributed by atoms with Gasteiger partial charge in [0.05, 0.1) is 28.4 Å². The molecule has 0 radical (unpaired) electrons. The number of para-hydroxylation sites is 2. The molecule has 0 aliphatic rings. The molecule has 1 aromatic heterocycles. The van der Waals surface area contributed by atoms with Gasteiger partial charge in [0.2, 0.25) is 0 Å². The standard InChI is InChI=1S/C31H23F6N5O2/c32-30(33,34)27(40)16-21(38)23-14-18(15-24(42-23)22(39)17-28(41)31(35,36)37)29-25(43-19-8-3-1-4-9-19)12-7-13-26(29)44-20-10-5-2-6-11-20/h1-17,38-39H,40-41H2/b27-16-,28-17-,38-21?,39-22?. The summed E-state index contributed by atoms with van der Waals surface area (Å²) < 4.78 is 91.1. The van der Waals surface area contributed by atoms with Crippen LogP contribution in [-0.2, 0) is 0 Å². The topological polar surface area (TPSA) is 131 Å². The van der Waals surface area contributed by atoms with Crippen molar-refractivity contribution in [1.82, 2.24) is 4.98 Å². The molecule has 4 aromatic rings. The Labute approximate surface area is 247 Å². The summed E-state index contributed by atoms with van der Waals surface area (Å²) in [6.45, 7) is 0. The monoisotopic (exact) mass is 611 g/mol. The summed E-state index contributed by atoms with van der Waals surface area (Å²) in [5.41, 5.74) is 4.77. The first-order valence-corrected chi connectivity index (χ1v) is 12.6. The average molecular weight is 612 g/mol. The van der Waals surface area contributed by atoms with Crippen molar-refractivity contribution in [3.8, 4) is 34.1 Å². The van der Waals surface area contributed by atoms with Crippen LogP contribution in [0.25, 0.3) is 11.1 Å². The number of halogens is 6. The normalized spacial score (nSPS) is 12.5. The third kappa shape index (κ3) is 7.82. The van der Waals surface area contributed by atoms with Crippen LogP contribution in [0.1, 0.15) is 11.4 Å². The molecule has 0 fully saturated rings. The van der Waals surface area contributed by atoms with Gasteiger partial charge >= 0.3 is 12.4 Å². The average Bonchev–Trinajstić information content (AvgIpc) is 2.97. The van der Waals surface area contributed by atoms with E-state index in [0.717, 1.165) is 0 Å². The Balaban J connectivity index is 1.96. The summed E-state index contributed by atoms with van der Waals surface area (Å²) in [6.07, 6.45) is -9.30. The lowest BCUT2D eigenvalue weighted by atomic mass is 9.99. The van der Waals surface area contributed by atoms with E-state index in [1.807, 2.05) is 0 Å². The molecular formula is C31H23F6N5O2. The number of nitrogens with one attached hydrogen (secondary N) is 2. The summed E-state index contributed by atoms with van der Waals surface area (Å²) in [7, 11) is 0. The van der Waals surface area contributed by atoms with E-state index in [-0.39, 0.29) is 22.6 Å². The highest BCUT2D eigenvalue weighted by molar-refractivity contribution is 6.10. The second kappa shape index (κ2) is 12.7. The van der Waals surface area contributed by atoms with Crippen molar-refractivity contribution >= 4 is 11.4 Å². The number of ether oxygens (including phenoxy) is 2. The van der Waals surface area contributed by atoms with E-state index in [2.05, 4.69) is 4.98 Å². The lowest BCUT2D eigenvalue weighted by molar-refractivity contribution is -0.0933. The van der Waals surface area contributed by atoms with E-state index in [1.54, 1.807) is 78.9 Å². The fourth-order valence-electron chi connectivity index (χ4n) is 3.77. The first kappa shape index (κ1) is 31.3. The number of pyridine rings is 1. The smallest absolute Gasteiger partial charge is 0.430 e. The molecule has 0 unspecified atom stereocenters. The van der Waals surface area contributed by atoms with Gasteiger partial charge in [-0.2, -0.15) is 26.3 Å². The Bertz CT molecular complexity index is 1610. The molecule has 0 saturated carbocycles. The van der Waals surface area contributed by atoms with Gasteiger partial charge in [0, 0.05) is 0 Å². The minimum atomic E-state index is -4.96. The Morgan fingerprint density at radius 2 is 1.00 bits per heavy atom. The molecule has 226 valence electrons. The molecule has 0 saturated heterocycles. The second-order valence-corrected chi connectivity index (χ2v) is 9.11. The minimum Gasteiger partial charge on any atom is -0.457 e. The number of allylic oxidation sites excluding steroid dienone is 4. The number of aromatic nitrogens is 1. The van der Waals surface area contributed by atoms with E-state index >= 15 is 0 Å². The zero-order valence-electron chi connectivity index (χ0n) is 22.5. The van der Waals surface area contributed by atoms with Gasteiger partial charge in [-0.3, -0.25) is 10.8 Å². The first-order valence-electron chi connectivity index (χ1n) is 12.6. The van der Waals surface area contributed by atoms with Crippen LogP contribution in [0.3, 0.4) is 0 Å². The number of benzene rings is 3. The molecule has 0 spiro atoms. The van der Waals surface area contributed by atoms with Crippen LogP contribution in [-0.4, -0.2) is 28.8 Å². The lowest BCUT2D eigenvalue weighted by Gasteiger charge is -2.18. The molecule has 0 amide bonds. The predicted octanol–water partition coefficient (Wildman–Crippen LogP) is 7.88. The third-order valence-electron chi connectivity index (χ3n) is 5.85. The Kier molecular flexibility index (Phi) is 9.07. The summed E-state index contributed by atoms with van der Waals surface area (Å²) in [5, 5.41) is 16.5. The van der Waals surface area contributed by atoms with Crippen molar-refractivity contribution < 1.29 is 35.8 Å². The number of nitrogens with zero attached hydrogens (tertiary/aromatic N) is 1. The van der Waals surface area contributed by atoms with Crippen LogP contribution in [0, 0.1) is 10.8 Å². The van der Waals surface area contributed by atoms with Gasteiger partial charge in [-0.05, 0) is 66.2 Å². The second-order valence-electron chi connectivity index (χ2n) is 9.11. The molecule has 6 N–H and O–H groups in total. The van der Waals surface area contributed by atoms with E-state index in [0.29, 0.717) is 23.7 Å². The van der Waals surface area contributed by atoms with Crippen molar-refractivity contribution in [2.45, 2.75) is 12.4 Å². The van der Waals surface area contributed by atoms with Crippen LogP contribution in [0.4, 0.5) is 26.3 Å². The van der Waals surface area contributed by atoms with Gasteiger partial charge in [-0.1, -0.05) is 42.5 Å². The van der Waals surface area contributed by atoms with Crippen LogP contribution in [0.15, 0.2) is 115 Å². The molecule has 7 nitrogen and oxygen atoms in total. The lowest BCUT2D eigenvalue weighted by Crippen LogP contribution is -2.21. The molecule has 0 aliphatic heterocycles. The molecule has 44 heavy (non-hydrogen) atoms. The molecule has 3 aromatic carbocycles. The van der Waals surface area contributed by atoms with Gasteiger partial charge in [0.25, 0.3) is 0 Å². The van der Waals surface area contributed by atoms with Gasteiger partial charge in [-0.25, -0.2) is 4.98 Å². The number of nitrogens with two attached hydrogens (primary N) is 2. The van der Waals surface area contributed by atoms with Crippen LogP contribution < -0.4 is 20.9 Å². The summed E-state index contributed by atoms with van der Waals surface area (Å²) in [4.78, 5) is 3.99. The van der Waals surface area contributed by atoms with Gasteiger partial charge in [0.1, 0.15) is 34.4 Å². The highest BCUT2D eigenvalue weighted by Gasteiger charge is 2.33. The van der Waals surface area contributed by atoms with Gasteiger partial charge < -0.3 is 20.9 Å². The highest BCUT2D eigenvalue weighted by Crippen LogP contribution is 2.43. The fraction of sp³-hybridized carbons (Fsp3) is 0.0645. The van der Waals surface area contributed by atoms with Crippen molar-refractivity contribution in [2.75, 3.05) is 0 Å².